The van der Waals surface area contributed by atoms with Crippen molar-refractivity contribution in [3.63, 3.8) is 0 Å². The molecule has 0 amide bonds. The molecule has 3 rings (SSSR count). The van der Waals surface area contributed by atoms with Crippen molar-refractivity contribution in [2.45, 2.75) is 32.0 Å². The van der Waals surface area contributed by atoms with Crippen molar-refractivity contribution in [2.75, 3.05) is 0 Å². The predicted molar refractivity (Wildman–Crippen MR) is 88.6 cm³/mol. The molecule has 1 aliphatic heterocycles. The highest BCUT2D eigenvalue weighted by Crippen LogP contribution is 2.40. The van der Waals surface area contributed by atoms with E-state index in [2.05, 4.69) is 45.7 Å². The Balaban J connectivity index is 1.95. The molecule has 1 aliphatic rings. The van der Waals surface area contributed by atoms with Crippen molar-refractivity contribution in [1.82, 2.24) is 0 Å². The maximum absolute atomic E-state index is 10.6. The third-order valence-electron chi connectivity index (χ3n) is 3.38. The van der Waals surface area contributed by atoms with Gasteiger partial charge < -0.3 is 9.84 Å². The molecule has 20 heavy (non-hydrogen) atoms. The molecule has 0 saturated carbocycles. The number of hydrogen-bond acceptors (Lipinski definition) is 3. The highest BCUT2D eigenvalue weighted by molar-refractivity contribution is 9.12. The highest BCUT2D eigenvalue weighted by Gasteiger charge is 2.30. The van der Waals surface area contributed by atoms with E-state index in [9.17, 15) is 5.11 Å². The van der Waals surface area contributed by atoms with Crippen molar-refractivity contribution in [3.05, 3.63) is 48.5 Å². The van der Waals surface area contributed by atoms with Crippen molar-refractivity contribution < 1.29 is 9.84 Å². The van der Waals surface area contributed by atoms with Crippen LogP contribution in [0, 0.1) is 0 Å². The largest absolute Gasteiger partial charge is 0.487 e. The summed E-state index contributed by atoms with van der Waals surface area (Å²) in [6, 6.07) is 7.89. The molecule has 0 bridgehead atoms. The smallest absolute Gasteiger partial charge is 0.123 e. The Morgan fingerprint density at radius 3 is 2.70 bits per heavy atom. The van der Waals surface area contributed by atoms with Crippen molar-refractivity contribution in [2.24, 2.45) is 0 Å². The molecule has 0 fully saturated rings. The van der Waals surface area contributed by atoms with Crippen LogP contribution in [0.4, 0.5) is 0 Å². The van der Waals surface area contributed by atoms with Gasteiger partial charge in [-0.1, -0.05) is 6.07 Å². The Morgan fingerprint density at radius 2 is 2.05 bits per heavy atom. The molecule has 106 valence electrons. The first kappa shape index (κ1) is 14.6. The molecular formula is C15H14Br2O2S. The number of aliphatic hydroxyl groups is 1. The second kappa shape index (κ2) is 5.13. The minimum absolute atomic E-state index is 0.155. The molecule has 0 aliphatic carbocycles. The van der Waals surface area contributed by atoms with E-state index in [0.717, 1.165) is 36.4 Å². The SMILES string of the molecule is CC1(C)Cc2cc(C(O)c3cc(Br)sc3Br)ccc2O1. The predicted octanol–water partition coefficient (Wildman–Crippen LogP) is 5.07. The van der Waals surface area contributed by atoms with Crippen molar-refractivity contribution in [3.8, 4) is 5.75 Å². The molecule has 1 atom stereocenters. The van der Waals surface area contributed by atoms with Crippen molar-refractivity contribution >= 4 is 43.2 Å². The maximum Gasteiger partial charge on any atom is 0.123 e. The zero-order valence-corrected chi connectivity index (χ0v) is 15.1. The summed E-state index contributed by atoms with van der Waals surface area (Å²) in [6.45, 7) is 4.16. The van der Waals surface area contributed by atoms with E-state index in [-0.39, 0.29) is 5.60 Å². The first-order valence-corrected chi connectivity index (χ1v) is 8.70. The monoisotopic (exact) mass is 416 g/mol. The second-order valence-corrected chi connectivity index (χ2v) is 9.34. The lowest BCUT2D eigenvalue weighted by Crippen LogP contribution is -2.24. The molecular weight excluding hydrogens is 404 g/mol. The first-order valence-electron chi connectivity index (χ1n) is 6.30. The molecule has 1 unspecified atom stereocenters. The van der Waals surface area contributed by atoms with Gasteiger partial charge in [-0.25, -0.2) is 0 Å². The van der Waals surface area contributed by atoms with Crippen LogP contribution < -0.4 is 4.74 Å². The minimum atomic E-state index is -0.624. The lowest BCUT2D eigenvalue weighted by molar-refractivity contribution is 0.138. The Bertz CT molecular complexity index is 664. The Hall–Kier alpha value is -0.360. The standard InChI is InChI=1S/C15H14Br2O2S/c1-15(2)7-9-5-8(3-4-11(9)19-15)13(18)10-6-12(16)20-14(10)17/h3-6,13,18H,7H2,1-2H3. The number of benzene rings is 1. The molecule has 2 nitrogen and oxygen atoms in total. The van der Waals surface area contributed by atoms with E-state index in [0.29, 0.717) is 0 Å². The fourth-order valence-corrected chi connectivity index (χ4v) is 5.40. The van der Waals surface area contributed by atoms with Gasteiger partial charge in [0, 0.05) is 12.0 Å². The molecule has 0 spiro atoms. The number of ether oxygens (including phenoxy) is 1. The summed E-state index contributed by atoms with van der Waals surface area (Å²) in [5.41, 5.74) is 2.80. The molecule has 1 aromatic carbocycles. The van der Waals surface area contributed by atoms with Crippen LogP contribution in [0.2, 0.25) is 0 Å². The highest BCUT2D eigenvalue weighted by atomic mass is 79.9. The van der Waals surface area contributed by atoms with Gasteiger partial charge in [-0.15, -0.1) is 11.3 Å². The third kappa shape index (κ3) is 2.69. The number of fused-ring (bicyclic) bond motifs is 1. The quantitative estimate of drug-likeness (QED) is 0.739. The van der Waals surface area contributed by atoms with Crippen LogP contribution in [0.15, 0.2) is 31.8 Å². The molecule has 5 heteroatoms. The van der Waals surface area contributed by atoms with Gasteiger partial charge >= 0.3 is 0 Å². The number of rotatable bonds is 2. The van der Waals surface area contributed by atoms with Gasteiger partial charge in [0.05, 0.1) is 7.57 Å². The van der Waals surface area contributed by atoms with E-state index in [4.69, 9.17) is 4.74 Å². The van der Waals surface area contributed by atoms with Gasteiger partial charge in [-0.3, -0.25) is 0 Å². The number of thiophene rings is 1. The Kier molecular flexibility index (Phi) is 3.73. The fraction of sp³-hybridized carbons (Fsp3) is 0.333. The van der Waals surface area contributed by atoms with Gasteiger partial charge in [0.15, 0.2) is 0 Å². The molecule has 0 radical (unpaired) electrons. The van der Waals surface area contributed by atoms with E-state index >= 15 is 0 Å². The lowest BCUT2D eigenvalue weighted by atomic mass is 9.97. The molecule has 1 N–H and O–H groups in total. The van der Waals surface area contributed by atoms with Crippen LogP contribution in [0.5, 0.6) is 5.75 Å². The third-order valence-corrected chi connectivity index (χ3v) is 5.77. The zero-order chi connectivity index (χ0) is 14.5. The molecule has 2 aromatic rings. The minimum Gasteiger partial charge on any atom is -0.487 e. The summed E-state index contributed by atoms with van der Waals surface area (Å²) in [6.07, 6.45) is 0.248. The normalized spacial score (nSPS) is 17.6. The van der Waals surface area contributed by atoms with Crippen LogP contribution in [0.25, 0.3) is 0 Å². The molecule has 1 aromatic heterocycles. The zero-order valence-electron chi connectivity index (χ0n) is 11.1. The van der Waals surface area contributed by atoms with Gasteiger partial charge in [0.25, 0.3) is 0 Å². The number of hydrogen-bond donors (Lipinski definition) is 1. The summed E-state index contributed by atoms with van der Waals surface area (Å²) < 4.78 is 7.82. The van der Waals surface area contributed by atoms with Gasteiger partial charge in [-0.2, -0.15) is 0 Å². The van der Waals surface area contributed by atoms with Crippen LogP contribution in [0.3, 0.4) is 0 Å². The van der Waals surface area contributed by atoms with E-state index in [1.165, 1.54) is 0 Å². The Morgan fingerprint density at radius 1 is 1.30 bits per heavy atom. The maximum atomic E-state index is 10.6. The average molecular weight is 418 g/mol. The van der Waals surface area contributed by atoms with Gasteiger partial charge in [-0.05, 0) is 75.0 Å². The molecule has 2 heterocycles. The summed E-state index contributed by atoms with van der Waals surface area (Å²) in [5, 5.41) is 10.6. The number of aliphatic hydroxyl groups excluding tert-OH is 1. The molecule has 0 saturated heterocycles. The summed E-state index contributed by atoms with van der Waals surface area (Å²) >= 11 is 8.51. The average Bonchev–Trinajstić information content (AvgIpc) is 2.84. The Labute approximate surface area is 139 Å². The topological polar surface area (TPSA) is 29.5 Å². The lowest BCUT2D eigenvalue weighted by Gasteiger charge is -2.16. The summed E-state index contributed by atoms with van der Waals surface area (Å²) in [5.74, 6) is 0.927. The van der Waals surface area contributed by atoms with Crippen LogP contribution in [-0.2, 0) is 6.42 Å². The second-order valence-electron chi connectivity index (χ2n) is 5.59. The van der Waals surface area contributed by atoms with Gasteiger partial charge in [0.1, 0.15) is 17.5 Å². The van der Waals surface area contributed by atoms with E-state index in [1.54, 1.807) is 11.3 Å². The summed E-state index contributed by atoms with van der Waals surface area (Å²) in [7, 11) is 0. The van der Waals surface area contributed by atoms with Gasteiger partial charge in [0.2, 0.25) is 0 Å². The fourth-order valence-electron chi connectivity index (χ4n) is 2.52. The van der Waals surface area contributed by atoms with Crippen molar-refractivity contribution in [1.29, 1.82) is 0 Å². The van der Waals surface area contributed by atoms with Crippen LogP contribution >= 0.6 is 43.2 Å². The summed E-state index contributed by atoms with van der Waals surface area (Å²) in [4.78, 5) is 0. The van der Waals surface area contributed by atoms with E-state index in [1.807, 2.05) is 24.3 Å². The first-order chi connectivity index (χ1) is 9.35. The van der Waals surface area contributed by atoms with Crippen LogP contribution in [0.1, 0.15) is 36.6 Å². The number of halogens is 2. The van der Waals surface area contributed by atoms with Crippen LogP contribution in [-0.4, -0.2) is 10.7 Å². The van der Waals surface area contributed by atoms with E-state index < -0.39 is 6.10 Å².